The molecule has 4 nitrogen and oxygen atoms in total. The highest BCUT2D eigenvalue weighted by atomic mass is 16.4. The molecule has 2 rings (SSSR count). The van der Waals surface area contributed by atoms with Crippen molar-refractivity contribution in [2.75, 3.05) is 6.54 Å². The fraction of sp³-hybridized carbons (Fsp3) is 0.882. The minimum absolute atomic E-state index is 0.0789. The van der Waals surface area contributed by atoms with Gasteiger partial charge in [-0.1, -0.05) is 39.0 Å². The Hall–Kier alpha value is -1.06. The van der Waals surface area contributed by atoms with E-state index in [1.54, 1.807) is 0 Å². The zero-order valence-electron chi connectivity index (χ0n) is 13.3. The minimum Gasteiger partial charge on any atom is -0.481 e. The topological polar surface area (TPSA) is 57.6 Å². The van der Waals surface area contributed by atoms with Crippen molar-refractivity contribution in [3.8, 4) is 0 Å². The molecule has 1 N–H and O–H groups in total. The van der Waals surface area contributed by atoms with Gasteiger partial charge in [0.25, 0.3) is 0 Å². The van der Waals surface area contributed by atoms with E-state index in [4.69, 9.17) is 0 Å². The number of aliphatic carboxylic acids is 1. The van der Waals surface area contributed by atoms with E-state index in [1.165, 1.54) is 0 Å². The molecule has 0 radical (unpaired) electrons. The summed E-state index contributed by atoms with van der Waals surface area (Å²) >= 11 is 0. The van der Waals surface area contributed by atoms with E-state index < -0.39 is 11.4 Å². The normalized spacial score (nSPS) is 21.6. The highest BCUT2D eigenvalue weighted by Gasteiger charge is 2.43. The van der Waals surface area contributed by atoms with E-state index in [0.29, 0.717) is 18.9 Å². The zero-order chi connectivity index (χ0) is 15.3. The summed E-state index contributed by atoms with van der Waals surface area (Å²) in [6.07, 6.45) is 9.91. The second-order valence-electron chi connectivity index (χ2n) is 6.85. The molecule has 0 aliphatic heterocycles. The Bertz CT molecular complexity index is 368. The van der Waals surface area contributed by atoms with E-state index >= 15 is 0 Å². The van der Waals surface area contributed by atoms with Gasteiger partial charge >= 0.3 is 5.97 Å². The average molecular weight is 295 g/mol. The van der Waals surface area contributed by atoms with Crippen molar-refractivity contribution < 1.29 is 14.7 Å². The van der Waals surface area contributed by atoms with Crippen LogP contribution < -0.4 is 0 Å². The van der Waals surface area contributed by atoms with Crippen LogP contribution in [0.4, 0.5) is 0 Å². The molecular formula is C17H29NO3. The molecule has 0 aromatic carbocycles. The lowest BCUT2D eigenvalue weighted by Gasteiger charge is -2.31. The molecule has 0 spiro atoms. The number of hydrogen-bond donors (Lipinski definition) is 1. The minimum atomic E-state index is -0.799. The van der Waals surface area contributed by atoms with Gasteiger partial charge in [-0.3, -0.25) is 9.59 Å². The van der Waals surface area contributed by atoms with Gasteiger partial charge in [0.15, 0.2) is 0 Å². The highest BCUT2D eigenvalue weighted by molar-refractivity contribution is 5.85. The number of carboxylic acids is 1. The van der Waals surface area contributed by atoms with Crippen molar-refractivity contribution in [3.05, 3.63) is 0 Å². The first kappa shape index (κ1) is 16.3. The van der Waals surface area contributed by atoms with Gasteiger partial charge in [0.1, 0.15) is 0 Å². The average Bonchev–Trinajstić information content (AvgIpc) is 3.26. The maximum absolute atomic E-state index is 12.7. The van der Waals surface area contributed by atoms with Gasteiger partial charge in [-0.05, 0) is 32.1 Å². The van der Waals surface area contributed by atoms with E-state index in [2.05, 4.69) is 6.92 Å². The molecule has 2 fully saturated rings. The largest absolute Gasteiger partial charge is 0.481 e. The maximum atomic E-state index is 12.7. The van der Waals surface area contributed by atoms with Gasteiger partial charge in [-0.15, -0.1) is 0 Å². The molecule has 2 aliphatic carbocycles. The fourth-order valence-electron chi connectivity index (χ4n) is 3.49. The zero-order valence-corrected chi connectivity index (χ0v) is 13.3. The van der Waals surface area contributed by atoms with Crippen LogP contribution in [0, 0.1) is 5.41 Å². The summed E-state index contributed by atoms with van der Waals surface area (Å²) in [6, 6.07) is 0.390. The molecule has 120 valence electrons. The smallest absolute Gasteiger partial charge is 0.310 e. The summed E-state index contributed by atoms with van der Waals surface area (Å²) in [6.45, 7) is 2.93. The summed E-state index contributed by atoms with van der Waals surface area (Å²) in [5.74, 6) is -0.681. The molecule has 0 bridgehead atoms. The first-order valence-electron chi connectivity index (χ1n) is 8.62. The molecule has 1 amide bonds. The molecule has 0 atom stereocenters. The molecule has 0 aromatic heterocycles. The number of amides is 1. The summed E-state index contributed by atoms with van der Waals surface area (Å²) in [7, 11) is 0. The number of unbranched alkanes of at least 4 members (excludes halogenated alkanes) is 1. The Morgan fingerprint density at radius 3 is 2.24 bits per heavy atom. The van der Waals surface area contributed by atoms with Gasteiger partial charge in [-0.2, -0.15) is 0 Å². The van der Waals surface area contributed by atoms with Crippen molar-refractivity contribution in [3.63, 3.8) is 0 Å². The van der Waals surface area contributed by atoms with Crippen LogP contribution in [0.3, 0.4) is 0 Å². The highest BCUT2D eigenvalue weighted by Crippen LogP contribution is 2.40. The number of rotatable bonds is 7. The quantitative estimate of drug-likeness (QED) is 0.730. The Labute approximate surface area is 127 Å². The summed E-state index contributed by atoms with van der Waals surface area (Å²) in [4.78, 5) is 26.5. The van der Waals surface area contributed by atoms with E-state index in [-0.39, 0.29) is 12.3 Å². The maximum Gasteiger partial charge on any atom is 0.310 e. The van der Waals surface area contributed by atoms with Gasteiger partial charge < -0.3 is 10.0 Å². The van der Waals surface area contributed by atoms with Crippen LogP contribution >= 0.6 is 0 Å². The lowest BCUT2D eigenvalue weighted by Crippen LogP contribution is -2.41. The molecule has 2 saturated carbocycles. The van der Waals surface area contributed by atoms with Gasteiger partial charge in [0, 0.05) is 19.0 Å². The third-order valence-corrected chi connectivity index (χ3v) is 5.06. The Morgan fingerprint density at radius 2 is 1.76 bits per heavy atom. The second-order valence-corrected chi connectivity index (χ2v) is 6.85. The predicted octanol–water partition coefficient (Wildman–Crippen LogP) is 3.59. The fourth-order valence-corrected chi connectivity index (χ4v) is 3.49. The van der Waals surface area contributed by atoms with Crippen molar-refractivity contribution in [2.45, 2.75) is 83.6 Å². The Balaban J connectivity index is 2.03. The van der Waals surface area contributed by atoms with E-state index in [1.807, 2.05) is 4.90 Å². The van der Waals surface area contributed by atoms with Gasteiger partial charge in [0.2, 0.25) is 5.91 Å². The molecule has 4 heteroatoms. The Morgan fingerprint density at radius 1 is 1.14 bits per heavy atom. The van der Waals surface area contributed by atoms with Crippen LogP contribution in [0.15, 0.2) is 0 Å². The van der Waals surface area contributed by atoms with Crippen LogP contribution in [0.5, 0.6) is 0 Å². The first-order chi connectivity index (χ1) is 10.1. The van der Waals surface area contributed by atoms with Crippen molar-refractivity contribution in [1.82, 2.24) is 4.90 Å². The standard InChI is InChI=1S/C17H29NO3/c1-2-3-12-18(14-8-9-14)15(19)13-17(16(20)21)10-6-4-5-7-11-17/h14H,2-13H2,1H3,(H,20,21). The Kier molecular flexibility index (Phi) is 5.65. The molecule has 0 unspecified atom stereocenters. The molecule has 2 aliphatic rings. The number of carbonyl (C=O) groups is 2. The number of nitrogens with zero attached hydrogens (tertiary/aromatic N) is 1. The summed E-state index contributed by atoms with van der Waals surface area (Å²) in [5.41, 5.74) is -0.799. The second kappa shape index (κ2) is 7.28. The lowest BCUT2D eigenvalue weighted by molar-refractivity contribution is -0.155. The summed E-state index contributed by atoms with van der Waals surface area (Å²) in [5, 5.41) is 9.70. The predicted molar refractivity (Wildman–Crippen MR) is 82.0 cm³/mol. The van der Waals surface area contributed by atoms with Crippen LogP contribution in [-0.2, 0) is 9.59 Å². The van der Waals surface area contributed by atoms with Crippen LogP contribution in [0.2, 0.25) is 0 Å². The van der Waals surface area contributed by atoms with Crippen LogP contribution in [0.1, 0.15) is 77.6 Å². The molecule has 0 saturated heterocycles. The van der Waals surface area contributed by atoms with Gasteiger partial charge in [0.05, 0.1) is 5.41 Å². The number of carbonyl (C=O) groups excluding carboxylic acids is 1. The first-order valence-corrected chi connectivity index (χ1v) is 8.62. The van der Waals surface area contributed by atoms with Crippen molar-refractivity contribution >= 4 is 11.9 Å². The number of carboxylic acid groups (broad SMARTS) is 1. The van der Waals surface area contributed by atoms with Crippen LogP contribution in [-0.4, -0.2) is 34.5 Å². The third kappa shape index (κ3) is 4.21. The molecular weight excluding hydrogens is 266 g/mol. The molecule has 21 heavy (non-hydrogen) atoms. The number of hydrogen-bond acceptors (Lipinski definition) is 2. The van der Waals surface area contributed by atoms with E-state index in [9.17, 15) is 14.7 Å². The molecule has 0 aromatic rings. The lowest BCUT2D eigenvalue weighted by atomic mass is 9.77. The van der Waals surface area contributed by atoms with Crippen molar-refractivity contribution in [1.29, 1.82) is 0 Å². The van der Waals surface area contributed by atoms with Crippen molar-refractivity contribution in [2.24, 2.45) is 5.41 Å². The SMILES string of the molecule is CCCCN(C(=O)CC1(C(=O)O)CCCCCC1)C1CC1. The van der Waals surface area contributed by atoms with E-state index in [0.717, 1.165) is 57.9 Å². The van der Waals surface area contributed by atoms with Crippen LogP contribution in [0.25, 0.3) is 0 Å². The summed E-state index contributed by atoms with van der Waals surface area (Å²) < 4.78 is 0. The van der Waals surface area contributed by atoms with Gasteiger partial charge in [-0.25, -0.2) is 0 Å². The molecule has 0 heterocycles. The monoisotopic (exact) mass is 295 g/mol. The third-order valence-electron chi connectivity index (χ3n) is 5.06.